The van der Waals surface area contributed by atoms with Crippen molar-refractivity contribution in [3.05, 3.63) is 83.4 Å². The third kappa shape index (κ3) is 3.22. The van der Waals surface area contributed by atoms with Gasteiger partial charge in [0, 0.05) is 11.4 Å². The second-order valence-electron chi connectivity index (χ2n) is 6.22. The van der Waals surface area contributed by atoms with Gasteiger partial charge in [-0.3, -0.25) is 9.59 Å². The first kappa shape index (κ1) is 17.4. The van der Waals surface area contributed by atoms with E-state index < -0.39 is 0 Å². The monoisotopic (exact) mass is 374 g/mol. The highest BCUT2D eigenvalue weighted by Gasteiger charge is 2.27. The molecule has 5 heteroatoms. The molecule has 0 spiro atoms. The van der Waals surface area contributed by atoms with E-state index in [9.17, 15) is 9.59 Å². The Bertz CT molecular complexity index is 1030. The number of hydrogen-bond acceptors (Lipinski definition) is 3. The van der Waals surface area contributed by atoms with Gasteiger partial charge in [-0.1, -0.05) is 48.5 Å². The topological polar surface area (TPSA) is 58.2 Å². The third-order valence-corrected chi connectivity index (χ3v) is 5.45. The molecule has 0 fully saturated rings. The average molecular weight is 374 g/mol. The van der Waals surface area contributed by atoms with E-state index in [1.165, 1.54) is 11.8 Å². The fourth-order valence-corrected chi connectivity index (χ4v) is 3.96. The molecular formula is C22H18N2O2S. The first-order valence-electron chi connectivity index (χ1n) is 8.63. The maximum Gasteiger partial charge on any atom is 0.256 e. The fourth-order valence-electron chi connectivity index (χ4n) is 3.36. The Labute approximate surface area is 162 Å². The van der Waals surface area contributed by atoms with Crippen molar-refractivity contribution >= 4 is 29.3 Å². The Balaban J connectivity index is 1.74. The molecule has 134 valence electrons. The number of amides is 2. The summed E-state index contributed by atoms with van der Waals surface area (Å²) in [6.45, 7) is 0.462. The second kappa shape index (κ2) is 7.29. The van der Waals surface area contributed by atoms with E-state index >= 15 is 0 Å². The minimum atomic E-state index is -0.214. The molecule has 4 rings (SSSR count). The van der Waals surface area contributed by atoms with Gasteiger partial charge in [0.1, 0.15) is 0 Å². The van der Waals surface area contributed by atoms with Crippen molar-refractivity contribution in [2.24, 2.45) is 0 Å². The van der Waals surface area contributed by atoms with Crippen molar-refractivity contribution in [3.63, 3.8) is 0 Å². The molecule has 0 aliphatic carbocycles. The van der Waals surface area contributed by atoms with Crippen molar-refractivity contribution in [3.8, 4) is 11.1 Å². The number of anilines is 1. The minimum absolute atomic E-state index is 0.156. The summed E-state index contributed by atoms with van der Waals surface area (Å²) in [4.78, 5) is 26.1. The quantitative estimate of drug-likeness (QED) is 0.658. The Morgan fingerprint density at radius 1 is 1.00 bits per heavy atom. The molecule has 3 aromatic rings. The van der Waals surface area contributed by atoms with Gasteiger partial charge in [-0.25, -0.2) is 0 Å². The number of thioether (sulfide) groups is 1. The molecule has 0 atom stereocenters. The van der Waals surface area contributed by atoms with E-state index in [1.54, 1.807) is 6.07 Å². The van der Waals surface area contributed by atoms with Gasteiger partial charge in [0.25, 0.3) is 11.8 Å². The maximum atomic E-state index is 12.8. The van der Waals surface area contributed by atoms with E-state index in [0.29, 0.717) is 23.4 Å². The first-order valence-corrected chi connectivity index (χ1v) is 9.85. The molecular weight excluding hydrogens is 356 g/mol. The SMILES string of the molecule is CSc1ccccc1C(=O)Nc1ccc(-c2ccccc2)c2c1C(=O)NC2. The molecule has 1 aliphatic heterocycles. The van der Waals surface area contributed by atoms with Gasteiger partial charge < -0.3 is 10.6 Å². The Morgan fingerprint density at radius 3 is 2.52 bits per heavy atom. The largest absolute Gasteiger partial charge is 0.348 e. The molecule has 1 heterocycles. The predicted octanol–water partition coefficient (Wildman–Crippen LogP) is 4.57. The molecule has 0 saturated heterocycles. The van der Waals surface area contributed by atoms with Gasteiger partial charge in [0.2, 0.25) is 0 Å². The van der Waals surface area contributed by atoms with Crippen LogP contribution in [0.15, 0.2) is 71.6 Å². The molecule has 2 N–H and O–H groups in total. The number of benzene rings is 3. The van der Waals surface area contributed by atoms with Crippen LogP contribution in [-0.2, 0) is 6.54 Å². The Morgan fingerprint density at radius 2 is 1.74 bits per heavy atom. The van der Waals surface area contributed by atoms with Gasteiger partial charge in [0.15, 0.2) is 0 Å². The summed E-state index contributed by atoms with van der Waals surface area (Å²) in [5, 5.41) is 5.81. The van der Waals surface area contributed by atoms with Gasteiger partial charge >= 0.3 is 0 Å². The van der Waals surface area contributed by atoms with Crippen molar-refractivity contribution in [1.82, 2.24) is 5.32 Å². The number of carbonyl (C=O) groups excluding carboxylic acids is 2. The van der Waals surface area contributed by atoms with Crippen LogP contribution in [0.3, 0.4) is 0 Å². The molecule has 3 aromatic carbocycles. The zero-order valence-corrected chi connectivity index (χ0v) is 15.6. The maximum absolute atomic E-state index is 12.8. The summed E-state index contributed by atoms with van der Waals surface area (Å²) in [5.41, 5.74) is 4.67. The van der Waals surface area contributed by atoms with E-state index in [0.717, 1.165) is 21.6 Å². The van der Waals surface area contributed by atoms with Gasteiger partial charge in [-0.05, 0) is 41.1 Å². The van der Waals surface area contributed by atoms with Gasteiger partial charge in [-0.2, -0.15) is 0 Å². The lowest BCUT2D eigenvalue weighted by Gasteiger charge is -2.14. The summed E-state index contributed by atoms with van der Waals surface area (Å²) >= 11 is 1.52. The molecule has 4 nitrogen and oxygen atoms in total. The highest BCUT2D eigenvalue weighted by Crippen LogP contribution is 2.34. The molecule has 0 saturated carbocycles. The molecule has 0 radical (unpaired) electrons. The Kier molecular flexibility index (Phi) is 4.69. The minimum Gasteiger partial charge on any atom is -0.348 e. The van der Waals surface area contributed by atoms with E-state index in [4.69, 9.17) is 0 Å². The highest BCUT2D eigenvalue weighted by molar-refractivity contribution is 7.98. The van der Waals surface area contributed by atoms with E-state index in [-0.39, 0.29) is 11.8 Å². The average Bonchev–Trinajstić information content (AvgIpc) is 3.11. The highest BCUT2D eigenvalue weighted by atomic mass is 32.2. The number of rotatable bonds is 4. The zero-order valence-electron chi connectivity index (χ0n) is 14.8. The van der Waals surface area contributed by atoms with Crippen molar-refractivity contribution in [1.29, 1.82) is 0 Å². The van der Waals surface area contributed by atoms with Crippen LogP contribution in [-0.4, -0.2) is 18.1 Å². The summed E-state index contributed by atoms with van der Waals surface area (Å²) in [7, 11) is 0. The molecule has 1 aliphatic rings. The first-order chi connectivity index (χ1) is 13.2. The van der Waals surface area contributed by atoms with Crippen molar-refractivity contribution < 1.29 is 9.59 Å². The summed E-state index contributed by atoms with van der Waals surface area (Å²) in [6, 6.07) is 21.2. The number of fused-ring (bicyclic) bond motifs is 1. The molecule has 0 bridgehead atoms. The van der Waals surface area contributed by atoms with Crippen LogP contribution >= 0.6 is 11.8 Å². The number of carbonyl (C=O) groups is 2. The predicted molar refractivity (Wildman–Crippen MR) is 109 cm³/mol. The van der Waals surface area contributed by atoms with Crippen LogP contribution in [0.2, 0.25) is 0 Å². The van der Waals surface area contributed by atoms with Gasteiger partial charge in [-0.15, -0.1) is 11.8 Å². The van der Waals surface area contributed by atoms with Crippen molar-refractivity contribution in [2.45, 2.75) is 11.4 Å². The number of hydrogen-bond donors (Lipinski definition) is 2. The fraction of sp³-hybridized carbons (Fsp3) is 0.0909. The van der Waals surface area contributed by atoms with E-state index in [1.807, 2.05) is 66.9 Å². The van der Waals surface area contributed by atoms with Crippen LogP contribution < -0.4 is 10.6 Å². The normalized spacial score (nSPS) is 12.4. The summed E-state index contributed by atoms with van der Waals surface area (Å²) < 4.78 is 0. The van der Waals surface area contributed by atoms with Crippen LogP contribution in [0, 0.1) is 0 Å². The summed E-state index contributed by atoms with van der Waals surface area (Å²) in [5.74, 6) is -0.370. The second-order valence-corrected chi connectivity index (χ2v) is 7.07. The lowest BCUT2D eigenvalue weighted by Crippen LogP contribution is -2.17. The van der Waals surface area contributed by atoms with Crippen LogP contribution in [0.1, 0.15) is 26.3 Å². The summed E-state index contributed by atoms with van der Waals surface area (Å²) in [6.07, 6.45) is 1.94. The van der Waals surface area contributed by atoms with E-state index in [2.05, 4.69) is 10.6 Å². The Hall–Kier alpha value is -3.05. The van der Waals surface area contributed by atoms with Crippen molar-refractivity contribution in [2.75, 3.05) is 11.6 Å². The van der Waals surface area contributed by atoms with Gasteiger partial charge in [0.05, 0.1) is 16.8 Å². The molecule has 0 unspecified atom stereocenters. The van der Waals surface area contributed by atoms with Crippen LogP contribution in [0.5, 0.6) is 0 Å². The molecule has 0 aromatic heterocycles. The standard InChI is InChI=1S/C22H18N2O2S/c1-27-19-10-6-5-9-16(19)21(25)24-18-12-11-15(14-7-3-2-4-8-14)17-13-23-22(26)20(17)18/h2-12H,13H2,1H3,(H,23,26)(H,24,25). The molecule has 2 amide bonds. The van der Waals surface area contributed by atoms with Crippen LogP contribution in [0.25, 0.3) is 11.1 Å². The number of nitrogens with one attached hydrogen (secondary N) is 2. The van der Waals surface area contributed by atoms with Crippen LogP contribution in [0.4, 0.5) is 5.69 Å². The smallest absolute Gasteiger partial charge is 0.256 e. The lowest BCUT2D eigenvalue weighted by molar-refractivity contribution is 0.0966. The zero-order chi connectivity index (χ0) is 18.8. The third-order valence-electron chi connectivity index (χ3n) is 4.65. The lowest BCUT2D eigenvalue weighted by atomic mass is 9.95. The molecule has 27 heavy (non-hydrogen) atoms.